The van der Waals surface area contributed by atoms with E-state index in [0.29, 0.717) is 0 Å². The van der Waals surface area contributed by atoms with Crippen molar-refractivity contribution >= 4 is 5.97 Å². The SMILES string of the molecule is CCCCCCCC/C=[C]\C(=O)O. The first-order chi connectivity index (χ1) is 6.27. The summed E-state index contributed by atoms with van der Waals surface area (Å²) in [6.07, 6.45) is 12.2. The van der Waals surface area contributed by atoms with E-state index in [4.69, 9.17) is 5.11 Å². The maximum absolute atomic E-state index is 10.0. The van der Waals surface area contributed by atoms with Crippen LogP contribution in [0.1, 0.15) is 51.9 Å². The summed E-state index contributed by atoms with van der Waals surface area (Å²) >= 11 is 0. The highest BCUT2D eigenvalue weighted by Gasteiger charge is 1.89. The van der Waals surface area contributed by atoms with Crippen molar-refractivity contribution in [3.8, 4) is 0 Å². The third kappa shape index (κ3) is 11.2. The lowest BCUT2D eigenvalue weighted by molar-refractivity contribution is -0.132. The van der Waals surface area contributed by atoms with E-state index in [1.807, 2.05) is 0 Å². The topological polar surface area (TPSA) is 37.3 Å². The summed E-state index contributed by atoms with van der Waals surface area (Å²) in [5.74, 6) is -0.967. The Morgan fingerprint density at radius 1 is 1.23 bits per heavy atom. The zero-order valence-electron chi connectivity index (χ0n) is 8.38. The molecule has 0 aliphatic heterocycles. The molecular weight excluding hydrogens is 164 g/mol. The van der Waals surface area contributed by atoms with Gasteiger partial charge in [-0.15, -0.1) is 0 Å². The Kier molecular flexibility index (Phi) is 8.73. The Bertz CT molecular complexity index is 150. The molecule has 1 radical (unpaired) electrons. The summed E-state index contributed by atoms with van der Waals surface area (Å²) in [6, 6.07) is 0. The number of hydrogen-bond donors (Lipinski definition) is 1. The van der Waals surface area contributed by atoms with Crippen LogP contribution >= 0.6 is 0 Å². The molecule has 0 aromatic carbocycles. The minimum absolute atomic E-state index is 0.846. The highest BCUT2D eigenvalue weighted by Crippen LogP contribution is 2.06. The van der Waals surface area contributed by atoms with Crippen molar-refractivity contribution in [2.45, 2.75) is 51.9 Å². The smallest absolute Gasteiger partial charge is 0.336 e. The van der Waals surface area contributed by atoms with Gasteiger partial charge in [0.1, 0.15) is 0 Å². The third-order valence-electron chi connectivity index (χ3n) is 1.93. The van der Waals surface area contributed by atoms with Crippen molar-refractivity contribution in [2.24, 2.45) is 0 Å². The highest BCUT2D eigenvalue weighted by atomic mass is 16.4. The second kappa shape index (κ2) is 9.30. The van der Waals surface area contributed by atoms with E-state index in [2.05, 4.69) is 13.0 Å². The van der Waals surface area contributed by atoms with E-state index < -0.39 is 5.97 Å². The summed E-state index contributed by atoms with van der Waals surface area (Å²) in [4.78, 5) is 10.0. The van der Waals surface area contributed by atoms with E-state index in [1.165, 1.54) is 32.1 Å². The van der Waals surface area contributed by atoms with Crippen LogP contribution < -0.4 is 0 Å². The highest BCUT2D eigenvalue weighted by molar-refractivity contribution is 5.75. The molecule has 0 saturated carbocycles. The molecule has 0 atom stereocenters. The lowest BCUT2D eigenvalue weighted by Gasteiger charge is -1.96. The van der Waals surface area contributed by atoms with Crippen LogP contribution in [0.5, 0.6) is 0 Å². The van der Waals surface area contributed by atoms with Gasteiger partial charge in [-0.25, -0.2) is 4.79 Å². The molecule has 0 rings (SSSR count). The Morgan fingerprint density at radius 3 is 2.46 bits per heavy atom. The van der Waals surface area contributed by atoms with Gasteiger partial charge in [0.25, 0.3) is 0 Å². The summed E-state index contributed by atoms with van der Waals surface area (Å²) in [5, 5.41) is 8.24. The number of carbonyl (C=O) groups is 1. The van der Waals surface area contributed by atoms with E-state index >= 15 is 0 Å². The van der Waals surface area contributed by atoms with E-state index in [9.17, 15) is 4.79 Å². The van der Waals surface area contributed by atoms with Crippen molar-refractivity contribution in [1.29, 1.82) is 0 Å². The number of unbranched alkanes of at least 4 members (excludes halogenated alkanes) is 6. The van der Waals surface area contributed by atoms with Crippen molar-refractivity contribution < 1.29 is 9.90 Å². The maximum Gasteiger partial charge on any atom is 0.336 e. The molecule has 0 fully saturated rings. The standard InChI is InChI=1S/C11H19O2/c1-2-3-4-5-6-7-8-9-10-11(12)13/h9H,2-8H2,1H3,(H,12,13). The molecule has 0 bridgehead atoms. The normalized spacial score (nSPS) is 10.8. The fraction of sp³-hybridized carbons (Fsp3) is 0.727. The van der Waals surface area contributed by atoms with Gasteiger partial charge in [-0.3, -0.25) is 0 Å². The van der Waals surface area contributed by atoms with Crippen molar-refractivity contribution in [2.75, 3.05) is 0 Å². The number of hydrogen-bond acceptors (Lipinski definition) is 1. The van der Waals surface area contributed by atoms with Crippen LogP contribution in [-0.2, 0) is 4.79 Å². The second-order valence-corrected chi connectivity index (χ2v) is 3.21. The Labute approximate surface area is 80.7 Å². The minimum Gasteiger partial charge on any atom is -0.478 e. The van der Waals surface area contributed by atoms with Gasteiger partial charge in [0, 0.05) is 0 Å². The van der Waals surface area contributed by atoms with Gasteiger partial charge in [-0.1, -0.05) is 45.1 Å². The Balaban J connectivity index is 3.03. The molecule has 0 heterocycles. The molecule has 0 aliphatic rings. The van der Waals surface area contributed by atoms with Crippen molar-refractivity contribution in [1.82, 2.24) is 0 Å². The zero-order chi connectivity index (χ0) is 9.94. The van der Waals surface area contributed by atoms with E-state index in [0.717, 1.165) is 12.8 Å². The number of carboxylic acid groups (broad SMARTS) is 1. The molecule has 2 nitrogen and oxygen atoms in total. The largest absolute Gasteiger partial charge is 0.478 e. The number of carboxylic acids is 1. The molecule has 2 heteroatoms. The monoisotopic (exact) mass is 183 g/mol. The first kappa shape index (κ1) is 12.2. The summed E-state index contributed by atoms with van der Waals surface area (Å²) < 4.78 is 0. The average molecular weight is 183 g/mol. The molecule has 1 N–H and O–H groups in total. The van der Waals surface area contributed by atoms with Gasteiger partial charge < -0.3 is 5.11 Å². The van der Waals surface area contributed by atoms with Crippen LogP contribution in [0.25, 0.3) is 0 Å². The van der Waals surface area contributed by atoms with Gasteiger partial charge in [0.15, 0.2) is 0 Å². The fourth-order valence-corrected chi connectivity index (χ4v) is 1.19. The molecule has 75 valence electrons. The predicted octanol–water partition coefficient (Wildman–Crippen LogP) is 3.18. The first-order valence-electron chi connectivity index (χ1n) is 5.08. The lowest BCUT2D eigenvalue weighted by atomic mass is 10.1. The quantitative estimate of drug-likeness (QED) is 0.463. The molecule has 0 unspecified atom stereocenters. The molecule has 0 aromatic rings. The third-order valence-corrected chi connectivity index (χ3v) is 1.93. The molecule has 0 aliphatic carbocycles. The molecule has 0 amide bonds. The Morgan fingerprint density at radius 2 is 1.85 bits per heavy atom. The van der Waals surface area contributed by atoms with Gasteiger partial charge in [-0.05, 0) is 12.8 Å². The van der Waals surface area contributed by atoms with Crippen LogP contribution in [0.3, 0.4) is 0 Å². The molecule has 0 spiro atoms. The first-order valence-corrected chi connectivity index (χ1v) is 5.08. The molecule has 13 heavy (non-hydrogen) atoms. The summed E-state index contributed by atoms with van der Waals surface area (Å²) in [5.41, 5.74) is 0. The van der Waals surface area contributed by atoms with E-state index in [1.54, 1.807) is 6.08 Å². The maximum atomic E-state index is 10.0. The fourth-order valence-electron chi connectivity index (χ4n) is 1.19. The van der Waals surface area contributed by atoms with Crippen molar-refractivity contribution in [3.05, 3.63) is 12.2 Å². The predicted molar refractivity (Wildman–Crippen MR) is 53.4 cm³/mol. The van der Waals surface area contributed by atoms with Gasteiger partial charge in [0.2, 0.25) is 0 Å². The summed E-state index contributed by atoms with van der Waals surface area (Å²) in [6.45, 7) is 2.20. The molecule has 0 aromatic heterocycles. The molecule has 0 saturated heterocycles. The minimum atomic E-state index is -0.967. The zero-order valence-corrected chi connectivity index (χ0v) is 8.38. The van der Waals surface area contributed by atoms with Crippen LogP contribution in [0, 0.1) is 6.08 Å². The Hall–Kier alpha value is -0.790. The van der Waals surface area contributed by atoms with Gasteiger partial charge in [-0.2, -0.15) is 0 Å². The van der Waals surface area contributed by atoms with Gasteiger partial charge in [0.05, 0.1) is 6.08 Å². The number of allylic oxidation sites excluding steroid dienone is 1. The van der Waals surface area contributed by atoms with Crippen LogP contribution in [-0.4, -0.2) is 11.1 Å². The van der Waals surface area contributed by atoms with E-state index in [-0.39, 0.29) is 0 Å². The van der Waals surface area contributed by atoms with Gasteiger partial charge >= 0.3 is 5.97 Å². The lowest BCUT2D eigenvalue weighted by Crippen LogP contribution is -1.86. The molecular formula is C11H19O2. The summed E-state index contributed by atoms with van der Waals surface area (Å²) in [7, 11) is 0. The van der Waals surface area contributed by atoms with Crippen LogP contribution in [0.2, 0.25) is 0 Å². The second-order valence-electron chi connectivity index (χ2n) is 3.21. The van der Waals surface area contributed by atoms with Crippen LogP contribution in [0.15, 0.2) is 6.08 Å². The number of aliphatic carboxylic acids is 1. The average Bonchev–Trinajstić information content (AvgIpc) is 2.09. The van der Waals surface area contributed by atoms with Crippen LogP contribution in [0.4, 0.5) is 0 Å². The number of rotatable bonds is 8. The van der Waals surface area contributed by atoms with Crippen molar-refractivity contribution in [3.63, 3.8) is 0 Å².